The number of ether oxygens (including phenoxy) is 1. The van der Waals surface area contributed by atoms with Crippen LogP contribution in [0.5, 0.6) is 5.75 Å². The molecule has 0 amide bonds. The van der Waals surface area contributed by atoms with Gasteiger partial charge in [0.15, 0.2) is 11.6 Å². The molecule has 0 aliphatic carbocycles. The fourth-order valence-electron chi connectivity index (χ4n) is 2.06. The zero-order valence-corrected chi connectivity index (χ0v) is 11.1. The van der Waals surface area contributed by atoms with Gasteiger partial charge in [0.2, 0.25) is 0 Å². The third-order valence-corrected chi connectivity index (χ3v) is 3.00. The SMILES string of the molecule is CNC(c1ccc(OC(F)F)cc1)c1ccc(F)c(F)c1. The summed E-state index contributed by atoms with van der Waals surface area (Å²) >= 11 is 0. The Morgan fingerprint density at radius 2 is 1.52 bits per heavy atom. The highest BCUT2D eigenvalue weighted by molar-refractivity contribution is 5.35. The van der Waals surface area contributed by atoms with E-state index in [1.54, 1.807) is 19.2 Å². The van der Waals surface area contributed by atoms with E-state index in [0.29, 0.717) is 11.1 Å². The van der Waals surface area contributed by atoms with Gasteiger partial charge in [-0.05, 0) is 42.4 Å². The van der Waals surface area contributed by atoms with Crippen LogP contribution in [0.1, 0.15) is 17.2 Å². The van der Waals surface area contributed by atoms with E-state index in [0.717, 1.165) is 12.1 Å². The fourth-order valence-corrected chi connectivity index (χ4v) is 2.06. The summed E-state index contributed by atoms with van der Waals surface area (Å²) in [5.74, 6) is -1.83. The standard InChI is InChI=1S/C15H13F4NO/c1-20-14(10-4-7-12(16)13(17)8-10)9-2-5-11(6-3-9)21-15(18)19/h2-8,14-15,20H,1H3. The zero-order chi connectivity index (χ0) is 15.4. The molecule has 6 heteroatoms. The molecular formula is C15H13F4NO. The number of benzene rings is 2. The molecular weight excluding hydrogens is 286 g/mol. The quantitative estimate of drug-likeness (QED) is 0.846. The molecule has 21 heavy (non-hydrogen) atoms. The number of alkyl halides is 2. The monoisotopic (exact) mass is 299 g/mol. The molecule has 0 aromatic heterocycles. The number of rotatable bonds is 5. The summed E-state index contributed by atoms with van der Waals surface area (Å²) in [7, 11) is 1.66. The molecule has 112 valence electrons. The second kappa shape index (κ2) is 6.58. The summed E-state index contributed by atoms with van der Waals surface area (Å²) in [6.45, 7) is -2.89. The van der Waals surface area contributed by atoms with Crippen molar-refractivity contribution in [2.75, 3.05) is 7.05 Å². The lowest BCUT2D eigenvalue weighted by molar-refractivity contribution is -0.0498. The van der Waals surface area contributed by atoms with Gasteiger partial charge in [-0.1, -0.05) is 18.2 Å². The average Bonchev–Trinajstić information content (AvgIpc) is 2.45. The Kier molecular flexibility index (Phi) is 4.80. The first kappa shape index (κ1) is 15.3. The Labute approximate surface area is 119 Å². The van der Waals surface area contributed by atoms with Gasteiger partial charge in [-0.2, -0.15) is 8.78 Å². The van der Waals surface area contributed by atoms with Crippen LogP contribution in [0.2, 0.25) is 0 Å². The molecule has 0 saturated heterocycles. The predicted molar refractivity (Wildman–Crippen MR) is 70.3 cm³/mol. The second-order valence-corrected chi connectivity index (χ2v) is 4.34. The van der Waals surface area contributed by atoms with Gasteiger partial charge < -0.3 is 10.1 Å². The van der Waals surface area contributed by atoms with Crippen molar-refractivity contribution in [2.45, 2.75) is 12.7 Å². The number of hydrogen-bond acceptors (Lipinski definition) is 2. The maximum atomic E-state index is 13.3. The van der Waals surface area contributed by atoms with Crippen LogP contribution in [0.15, 0.2) is 42.5 Å². The molecule has 0 heterocycles. The molecule has 0 bridgehead atoms. The molecule has 1 atom stereocenters. The Bertz CT molecular complexity index is 601. The smallest absolute Gasteiger partial charge is 0.387 e. The minimum absolute atomic E-state index is 0.0360. The summed E-state index contributed by atoms with van der Waals surface area (Å²) in [4.78, 5) is 0. The van der Waals surface area contributed by atoms with Crippen LogP contribution < -0.4 is 10.1 Å². The lowest BCUT2D eigenvalue weighted by Crippen LogP contribution is -2.18. The van der Waals surface area contributed by atoms with Crippen LogP contribution >= 0.6 is 0 Å². The van der Waals surface area contributed by atoms with Crippen molar-refractivity contribution in [3.63, 3.8) is 0 Å². The molecule has 0 spiro atoms. The van der Waals surface area contributed by atoms with E-state index in [9.17, 15) is 17.6 Å². The first-order valence-electron chi connectivity index (χ1n) is 6.18. The van der Waals surface area contributed by atoms with E-state index < -0.39 is 18.2 Å². The van der Waals surface area contributed by atoms with Crippen molar-refractivity contribution in [1.29, 1.82) is 0 Å². The normalized spacial score (nSPS) is 12.5. The first-order valence-corrected chi connectivity index (χ1v) is 6.18. The maximum Gasteiger partial charge on any atom is 0.387 e. The van der Waals surface area contributed by atoms with Crippen molar-refractivity contribution in [3.05, 3.63) is 65.2 Å². The Morgan fingerprint density at radius 1 is 0.905 bits per heavy atom. The molecule has 2 aromatic rings. The zero-order valence-electron chi connectivity index (χ0n) is 11.1. The highest BCUT2D eigenvalue weighted by atomic mass is 19.3. The molecule has 0 fully saturated rings. The summed E-state index contributed by atoms with van der Waals surface area (Å²) in [6.07, 6.45) is 0. The van der Waals surface area contributed by atoms with E-state index in [1.165, 1.54) is 18.2 Å². The van der Waals surface area contributed by atoms with Gasteiger partial charge in [0.25, 0.3) is 0 Å². The van der Waals surface area contributed by atoms with Crippen molar-refractivity contribution >= 4 is 0 Å². The van der Waals surface area contributed by atoms with Gasteiger partial charge >= 0.3 is 6.61 Å². The van der Waals surface area contributed by atoms with Gasteiger partial charge in [-0.25, -0.2) is 8.78 Å². The fraction of sp³-hybridized carbons (Fsp3) is 0.200. The van der Waals surface area contributed by atoms with E-state index in [2.05, 4.69) is 10.1 Å². The molecule has 1 N–H and O–H groups in total. The maximum absolute atomic E-state index is 13.3. The van der Waals surface area contributed by atoms with Gasteiger partial charge in [0.05, 0.1) is 6.04 Å². The number of halogens is 4. The summed E-state index contributed by atoms with van der Waals surface area (Å²) in [6, 6.07) is 9.17. The van der Waals surface area contributed by atoms with Gasteiger partial charge in [0.1, 0.15) is 5.75 Å². The van der Waals surface area contributed by atoms with Crippen molar-refractivity contribution < 1.29 is 22.3 Å². The van der Waals surface area contributed by atoms with E-state index >= 15 is 0 Å². The Morgan fingerprint density at radius 3 is 2.05 bits per heavy atom. The molecule has 0 aliphatic heterocycles. The summed E-state index contributed by atoms with van der Waals surface area (Å²) in [5, 5.41) is 2.96. The molecule has 2 aromatic carbocycles. The van der Waals surface area contributed by atoms with Crippen LogP contribution in [0.25, 0.3) is 0 Å². The Balaban J connectivity index is 2.26. The molecule has 2 rings (SSSR count). The topological polar surface area (TPSA) is 21.3 Å². The molecule has 1 unspecified atom stereocenters. The minimum Gasteiger partial charge on any atom is -0.435 e. The average molecular weight is 299 g/mol. The van der Waals surface area contributed by atoms with E-state index in [1.807, 2.05) is 0 Å². The van der Waals surface area contributed by atoms with Crippen LogP contribution in [-0.4, -0.2) is 13.7 Å². The lowest BCUT2D eigenvalue weighted by atomic mass is 9.98. The van der Waals surface area contributed by atoms with Crippen molar-refractivity contribution in [2.24, 2.45) is 0 Å². The van der Waals surface area contributed by atoms with Crippen molar-refractivity contribution in [1.82, 2.24) is 5.32 Å². The minimum atomic E-state index is -2.89. The second-order valence-electron chi connectivity index (χ2n) is 4.34. The lowest BCUT2D eigenvalue weighted by Gasteiger charge is -2.18. The van der Waals surface area contributed by atoms with Crippen LogP contribution in [0.4, 0.5) is 17.6 Å². The van der Waals surface area contributed by atoms with Crippen LogP contribution in [-0.2, 0) is 0 Å². The molecule has 0 radical (unpaired) electrons. The highest BCUT2D eigenvalue weighted by Gasteiger charge is 2.14. The van der Waals surface area contributed by atoms with Crippen molar-refractivity contribution in [3.8, 4) is 5.75 Å². The third kappa shape index (κ3) is 3.72. The first-order chi connectivity index (χ1) is 10.0. The predicted octanol–water partition coefficient (Wildman–Crippen LogP) is 3.88. The van der Waals surface area contributed by atoms with E-state index in [-0.39, 0.29) is 11.8 Å². The van der Waals surface area contributed by atoms with E-state index in [4.69, 9.17) is 0 Å². The summed E-state index contributed by atoms with van der Waals surface area (Å²) < 4.78 is 54.7. The Hall–Kier alpha value is -2.08. The van der Waals surface area contributed by atoms with Crippen LogP contribution in [0, 0.1) is 11.6 Å². The molecule has 0 aliphatic rings. The largest absolute Gasteiger partial charge is 0.435 e. The molecule has 0 saturated carbocycles. The highest BCUT2D eigenvalue weighted by Crippen LogP contribution is 2.25. The third-order valence-electron chi connectivity index (χ3n) is 3.00. The van der Waals surface area contributed by atoms with Gasteiger partial charge in [-0.3, -0.25) is 0 Å². The van der Waals surface area contributed by atoms with Gasteiger partial charge in [-0.15, -0.1) is 0 Å². The van der Waals surface area contributed by atoms with Gasteiger partial charge in [0, 0.05) is 0 Å². The molecule has 2 nitrogen and oxygen atoms in total. The number of nitrogens with one attached hydrogen (secondary N) is 1. The summed E-state index contributed by atoms with van der Waals surface area (Å²) in [5.41, 5.74) is 1.24. The van der Waals surface area contributed by atoms with Crippen LogP contribution in [0.3, 0.4) is 0 Å². The number of hydrogen-bond donors (Lipinski definition) is 1.